The molecule has 0 aromatic carbocycles. The second-order valence-corrected chi connectivity index (χ2v) is 2.16. The van der Waals surface area contributed by atoms with Gasteiger partial charge < -0.3 is 10.8 Å². The number of rotatable bonds is 2. The predicted octanol–water partition coefficient (Wildman–Crippen LogP) is 0.143. The Morgan fingerprint density at radius 3 is 2.75 bits per heavy atom. The van der Waals surface area contributed by atoms with Crippen molar-refractivity contribution in [2.75, 3.05) is 12.3 Å². The fourth-order valence-electron chi connectivity index (χ4n) is 0.658. The van der Waals surface area contributed by atoms with E-state index in [9.17, 15) is 8.78 Å². The van der Waals surface area contributed by atoms with E-state index in [0.717, 1.165) is 12.3 Å². The van der Waals surface area contributed by atoms with Gasteiger partial charge in [-0.25, -0.2) is 9.97 Å². The molecule has 1 rings (SSSR count). The number of hydrogen-bond donors (Lipinski definition) is 2. The van der Waals surface area contributed by atoms with Crippen LogP contribution in [0.2, 0.25) is 0 Å². The molecule has 0 aliphatic carbocycles. The Kier molecular flexibility index (Phi) is 2.18. The lowest BCUT2D eigenvalue weighted by atomic mass is 10.2. The summed E-state index contributed by atoms with van der Waals surface area (Å²) < 4.78 is 25.3. The first-order chi connectivity index (χ1) is 5.56. The van der Waals surface area contributed by atoms with Crippen LogP contribution in [0.1, 0.15) is 5.69 Å². The summed E-state index contributed by atoms with van der Waals surface area (Å²) in [4.78, 5) is 6.71. The molecular formula is C6H7F2N3O. The Morgan fingerprint density at radius 2 is 2.25 bits per heavy atom. The number of nitrogens with zero attached hydrogens (tertiary/aromatic N) is 2. The van der Waals surface area contributed by atoms with Gasteiger partial charge >= 0.3 is 5.92 Å². The first-order valence-corrected chi connectivity index (χ1v) is 3.14. The second kappa shape index (κ2) is 2.98. The summed E-state index contributed by atoms with van der Waals surface area (Å²) in [5.41, 5.74) is 4.50. The molecule has 0 saturated carbocycles. The minimum absolute atomic E-state index is 0.236. The maximum atomic E-state index is 12.7. The van der Waals surface area contributed by atoms with Crippen molar-refractivity contribution in [2.24, 2.45) is 0 Å². The lowest BCUT2D eigenvalue weighted by Gasteiger charge is -2.11. The Balaban J connectivity index is 3.03. The summed E-state index contributed by atoms with van der Waals surface area (Å²) in [6, 6.07) is 1.01. The number of hydrogen-bond acceptors (Lipinski definition) is 4. The molecule has 0 saturated heterocycles. The number of alkyl halides is 2. The van der Waals surface area contributed by atoms with Crippen molar-refractivity contribution < 1.29 is 13.9 Å². The third kappa shape index (κ3) is 1.65. The van der Waals surface area contributed by atoms with Gasteiger partial charge in [0.05, 0.1) is 0 Å². The van der Waals surface area contributed by atoms with Crippen molar-refractivity contribution in [3.8, 4) is 0 Å². The van der Waals surface area contributed by atoms with Crippen LogP contribution >= 0.6 is 0 Å². The van der Waals surface area contributed by atoms with Crippen molar-refractivity contribution in [3.05, 3.63) is 18.0 Å². The van der Waals surface area contributed by atoms with Crippen LogP contribution in [0.25, 0.3) is 0 Å². The van der Waals surface area contributed by atoms with Crippen LogP contribution in [0.15, 0.2) is 12.3 Å². The SMILES string of the molecule is Nc1nccc(C(F)(F)CO)n1. The fraction of sp³-hybridized carbons (Fsp3) is 0.333. The van der Waals surface area contributed by atoms with Gasteiger partial charge in [-0.2, -0.15) is 8.78 Å². The maximum Gasteiger partial charge on any atom is 0.312 e. The zero-order valence-corrected chi connectivity index (χ0v) is 6.04. The van der Waals surface area contributed by atoms with Crippen LogP contribution in [0.4, 0.5) is 14.7 Å². The highest BCUT2D eigenvalue weighted by atomic mass is 19.3. The molecule has 12 heavy (non-hydrogen) atoms. The molecule has 0 atom stereocenters. The van der Waals surface area contributed by atoms with Crippen molar-refractivity contribution in [3.63, 3.8) is 0 Å². The van der Waals surface area contributed by atoms with Crippen molar-refractivity contribution in [2.45, 2.75) is 5.92 Å². The molecule has 0 amide bonds. The van der Waals surface area contributed by atoms with Crippen LogP contribution in [0.5, 0.6) is 0 Å². The molecule has 1 aromatic rings. The average molecular weight is 175 g/mol. The summed E-state index contributed by atoms with van der Waals surface area (Å²) in [5.74, 6) is -3.59. The molecule has 3 N–H and O–H groups in total. The number of aromatic nitrogens is 2. The van der Waals surface area contributed by atoms with E-state index in [4.69, 9.17) is 10.8 Å². The lowest BCUT2D eigenvalue weighted by molar-refractivity contribution is -0.0592. The molecule has 0 unspecified atom stereocenters. The summed E-state index contributed by atoms with van der Waals surface area (Å²) in [5, 5.41) is 8.29. The average Bonchev–Trinajstić information content (AvgIpc) is 2.05. The van der Waals surface area contributed by atoms with Crippen molar-refractivity contribution in [1.82, 2.24) is 9.97 Å². The fourth-order valence-corrected chi connectivity index (χ4v) is 0.658. The Hall–Kier alpha value is -1.30. The van der Waals surface area contributed by atoms with Gasteiger partial charge in [0.1, 0.15) is 12.3 Å². The Labute approximate surface area is 67.1 Å². The zero-order valence-electron chi connectivity index (χ0n) is 6.04. The molecule has 6 heteroatoms. The van der Waals surface area contributed by atoms with E-state index >= 15 is 0 Å². The monoisotopic (exact) mass is 175 g/mol. The highest BCUT2D eigenvalue weighted by molar-refractivity contribution is 5.19. The summed E-state index contributed by atoms with van der Waals surface area (Å²) in [6.45, 7) is -1.29. The standard InChI is InChI=1S/C6H7F2N3O/c7-6(8,3-12)4-1-2-10-5(9)11-4/h1-2,12H,3H2,(H2,9,10,11). The van der Waals surface area contributed by atoms with Crippen LogP contribution in [0, 0.1) is 0 Å². The molecule has 0 fully saturated rings. The molecule has 0 spiro atoms. The van der Waals surface area contributed by atoms with Gasteiger partial charge in [-0.3, -0.25) is 0 Å². The normalized spacial score (nSPS) is 11.6. The second-order valence-electron chi connectivity index (χ2n) is 2.16. The van der Waals surface area contributed by atoms with Gasteiger partial charge in [0.2, 0.25) is 5.95 Å². The molecule has 1 aromatic heterocycles. The molecule has 0 aliphatic heterocycles. The van der Waals surface area contributed by atoms with E-state index in [1.807, 2.05) is 0 Å². The number of aliphatic hydroxyl groups is 1. The predicted molar refractivity (Wildman–Crippen MR) is 37.4 cm³/mol. The topological polar surface area (TPSA) is 72.0 Å². The maximum absolute atomic E-state index is 12.7. The highest BCUT2D eigenvalue weighted by Gasteiger charge is 2.32. The van der Waals surface area contributed by atoms with Gasteiger partial charge in [-0.1, -0.05) is 0 Å². The van der Waals surface area contributed by atoms with Crippen LogP contribution in [-0.4, -0.2) is 21.7 Å². The molecule has 0 bridgehead atoms. The summed E-state index contributed by atoms with van der Waals surface area (Å²) in [6.07, 6.45) is 1.11. The minimum atomic E-state index is -3.35. The van der Waals surface area contributed by atoms with Gasteiger partial charge in [0.25, 0.3) is 0 Å². The summed E-state index contributed by atoms with van der Waals surface area (Å²) in [7, 11) is 0. The Bertz CT molecular complexity index is 279. The molecule has 0 aliphatic rings. The lowest BCUT2D eigenvalue weighted by Crippen LogP contribution is -2.20. The van der Waals surface area contributed by atoms with Crippen LogP contribution < -0.4 is 5.73 Å². The largest absolute Gasteiger partial charge is 0.390 e. The minimum Gasteiger partial charge on any atom is -0.390 e. The van der Waals surface area contributed by atoms with E-state index in [0.29, 0.717) is 0 Å². The van der Waals surface area contributed by atoms with E-state index in [-0.39, 0.29) is 5.95 Å². The van der Waals surface area contributed by atoms with Gasteiger partial charge in [-0.15, -0.1) is 0 Å². The third-order valence-corrected chi connectivity index (χ3v) is 1.25. The van der Waals surface area contributed by atoms with Gasteiger partial charge in [0.15, 0.2) is 0 Å². The van der Waals surface area contributed by atoms with E-state index in [2.05, 4.69) is 9.97 Å². The van der Waals surface area contributed by atoms with Crippen molar-refractivity contribution >= 4 is 5.95 Å². The van der Waals surface area contributed by atoms with Crippen molar-refractivity contribution in [1.29, 1.82) is 0 Å². The van der Waals surface area contributed by atoms with E-state index < -0.39 is 18.2 Å². The number of anilines is 1. The molecule has 1 heterocycles. The quantitative estimate of drug-likeness (QED) is 0.670. The third-order valence-electron chi connectivity index (χ3n) is 1.25. The number of halogens is 2. The first-order valence-electron chi connectivity index (χ1n) is 3.14. The highest BCUT2D eigenvalue weighted by Crippen LogP contribution is 2.24. The van der Waals surface area contributed by atoms with Crippen LogP contribution in [0.3, 0.4) is 0 Å². The zero-order chi connectivity index (χ0) is 9.19. The van der Waals surface area contributed by atoms with E-state index in [1.165, 1.54) is 0 Å². The summed E-state index contributed by atoms with van der Waals surface area (Å²) >= 11 is 0. The van der Waals surface area contributed by atoms with Gasteiger partial charge in [-0.05, 0) is 6.07 Å². The molecule has 66 valence electrons. The number of aliphatic hydroxyl groups excluding tert-OH is 1. The van der Waals surface area contributed by atoms with E-state index in [1.54, 1.807) is 0 Å². The molecule has 4 nitrogen and oxygen atoms in total. The number of nitrogens with two attached hydrogens (primary N) is 1. The Morgan fingerprint density at radius 1 is 1.58 bits per heavy atom. The first kappa shape index (κ1) is 8.79. The van der Waals surface area contributed by atoms with Crippen LogP contribution in [-0.2, 0) is 5.92 Å². The molecule has 0 radical (unpaired) electrons. The van der Waals surface area contributed by atoms with Gasteiger partial charge in [0, 0.05) is 6.20 Å². The molecular weight excluding hydrogens is 168 g/mol. The number of nitrogen functional groups attached to an aromatic ring is 1. The smallest absolute Gasteiger partial charge is 0.312 e.